The standard InChI is InChI=1S/C17H28N4O2.HI/c1-4-23-12-6-10-20-17(19-3)21-11-9-14-7-5-8-15(13-14)16(22)18-2;/h5,7-8,13H,4,6,9-12H2,1-3H3,(H,18,22)(H2,19,20,21);1H. The second-order valence-electron chi connectivity index (χ2n) is 5.01. The molecule has 136 valence electrons. The zero-order chi connectivity index (χ0) is 16.9. The monoisotopic (exact) mass is 448 g/mol. The van der Waals surface area contributed by atoms with E-state index in [1.165, 1.54) is 0 Å². The summed E-state index contributed by atoms with van der Waals surface area (Å²) in [5, 5.41) is 9.15. The molecule has 0 saturated heterocycles. The van der Waals surface area contributed by atoms with E-state index >= 15 is 0 Å². The molecule has 0 radical (unpaired) electrons. The van der Waals surface area contributed by atoms with Gasteiger partial charge in [-0.25, -0.2) is 0 Å². The number of hydrogen-bond donors (Lipinski definition) is 3. The predicted molar refractivity (Wildman–Crippen MR) is 109 cm³/mol. The molecule has 6 nitrogen and oxygen atoms in total. The lowest BCUT2D eigenvalue weighted by molar-refractivity contribution is 0.0963. The van der Waals surface area contributed by atoms with E-state index in [-0.39, 0.29) is 29.9 Å². The highest BCUT2D eigenvalue weighted by atomic mass is 127. The van der Waals surface area contributed by atoms with E-state index < -0.39 is 0 Å². The second kappa shape index (κ2) is 14.0. The lowest BCUT2D eigenvalue weighted by Gasteiger charge is -2.12. The van der Waals surface area contributed by atoms with Crippen molar-refractivity contribution in [3.8, 4) is 0 Å². The largest absolute Gasteiger partial charge is 0.382 e. The van der Waals surface area contributed by atoms with Crippen molar-refractivity contribution in [3.05, 3.63) is 35.4 Å². The van der Waals surface area contributed by atoms with Gasteiger partial charge in [0, 0.05) is 46.0 Å². The fourth-order valence-electron chi connectivity index (χ4n) is 2.08. The highest BCUT2D eigenvalue weighted by Crippen LogP contribution is 2.05. The quantitative estimate of drug-likeness (QED) is 0.233. The normalized spacial score (nSPS) is 10.7. The number of hydrogen-bond acceptors (Lipinski definition) is 3. The van der Waals surface area contributed by atoms with Crippen LogP contribution in [0.25, 0.3) is 0 Å². The Hall–Kier alpha value is -1.35. The number of ether oxygens (including phenoxy) is 1. The van der Waals surface area contributed by atoms with Gasteiger partial charge in [0.2, 0.25) is 0 Å². The summed E-state index contributed by atoms with van der Waals surface area (Å²) in [4.78, 5) is 15.8. The molecular formula is C17H29IN4O2. The van der Waals surface area contributed by atoms with Gasteiger partial charge in [-0.15, -0.1) is 24.0 Å². The number of guanidine groups is 1. The van der Waals surface area contributed by atoms with Crippen molar-refractivity contribution in [2.75, 3.05) is 40.4 Å². The highest BCUT2D eigenvalue weighted by molar-refractivity contribution is 14.0. The van der Waals surface area contributed by atoms with Gasteiger partial charge in [0.15, 0.2) is 5.96 Å². The van der Waals surface area contributed by atoms with Crippen LogP contribution in [0.1, 0.15) is 29.3 Å². The molecule has 0 saturated carbocycles. The summed E-state index contributed by atoms with van der Waals surface area (Å²) in [6.07, 6.45) is 1.77. The Morgan fingerprint density at radius 3 is 2.67 bits per heavy atom. The van der Waals surface area contributed by atoms with Crippen LogP contribution in [0, 0.1) is 0 Å². The number of carbonyl (C=O) groups excluding carboxylic acids is 1. The third-order valence-corrected chi connectivity index (χ3v) is 3.31. The molecule has 1 aromatic carbocycles. The van der Waals surface area contributed by atoms with Gasteiger partial charge in [-0.05, 0) is 37.5 Å². The zero-order valence-corrected chi connectivity index (χ0v) is 17.1. The van der Waals surface area contributed by atoms with E-state index in [2.05, 4.69) is 20.9 Å². The number of nitrogens with one attached hydrogen (secondary N) is 3. The summed E-state index contributed by atoms with van der Waals surface area (Å²) in [7, 11) is 3.39. The maximum absolute atomic E-state index is 11.6. The molecule has 0 spiro atoms. The average molecular weight is 448 g/mol. The van der Waals surface area contributed by atoms with Crippen molar-refractivity contribution >= 4 is 35.8 Å². The maximum Gasteiger partial charge on any atom is 0.251 e. The van der Waals surface area contributed by atoms with Gasteiger partial charge in [-0.1, -0.05) is 12.1 Å². The molecule has 0 aliphatic heterocycles. The Labute approximate surface area is 161 Å². The van der Waals surface area contributed by atoms with Gasteiger partial charge in [0.1, 0.15) is 0 Å². The molecule has 0 unspecified atom stereocenters. The van der Waals surface area contributed by atoms with Crippen molar-refractivity contribution in [1.29, 1.82) is 0 Å². The van der Waals surface area contributed by atoms with Crippen molar-refractivity contribution in [3.63, 3.8) is 0 Å². The van der Waals surface area contributed by atoms with Crippen molar-refractivity contribution in [1.82, 2.24) is 16.0 Å². The van der Waals surface area contributed by atoms with E-state index in [1.807, 2.05) is 31.2 Å². The lowest BCUT2D eigenvalue weighted by atomic mass is 10.1. The summed E-state index contributed by atoms with van der Waals surface area (Å²) in [6, 6.07) is 7.65. The van der Waals surface area contributed by atoms with Crippen LogP contribution in [0.3, 0.4) is 0 Å². The van der Waals surface area contributed by atoms with E-state index in [0.717, 1.165) is 50.7 Å². The first-order chi connectivity index (χ1) is 11.2. The summed E-state index contributed by atoms with van der Waals surface area (Å²) >= 11 is 0. The maximum atomic E-state index is 11.6. The lowest BCUT2D eigenvalue weighted by Crippen LogP contribution is -2.39. The van der Waals surface area contributed by atoms with Gasteiger partial charge in [-0.3, -0.25) is 9.79 Å². The first kappa shape index (κ1) is 22.6. The molecule has 0 aromatic heterocycles. The number of carbonyl (C=O) groups is 1. The molecule has 0 bridgehead atoms. The van der Waals surface area contributed by atoms with Crippen LogP contribution in [-0.2, 0) is 11.2 Å². The molecule has 0 heterocycles. The van der Waals surface area contributed by atoms with Crippen molar-refractivity contribution < 1.29 is 9.53 Å². The van der Waals surface area contributed by atoms with E-state index in [0.29, 0.717) is 5.56 Å². The minimum atomic E-state index is -0.0633. The SMILES string of the molecule is CCOCCCNC(=NC)NCCc1cccc(C(=O)NC)c1.I. The topological polar surface area (TPSA) is 74.8 Å². The van der Waals surface area contributed by atoms with Crippen LogP contribution >= 0.6 is 24.0 Å². The van der Waals surface area contributed by atoms with Crippen LogP contribution in [0.2, 0.25) is 0 Å². The van der Waals surface area contributed by atoms with Gasteiger partial charge >= 0.3 is 0 Å². The van der Waals surface area contributed by atoms with Crippen LogP contribution in [0.15, 0.2) is 29.3 Å². The summed E-state index contributed by atoms with van der Waals surface area (Å²) in [5.41, 5.74) is 1.80. The smallest absolute Gasteiger partial charge is 0.251 e. The Balaban J connectivity index is 0.00000529. The molecule has 1 amide bonds. The van der Waals surface area contributed by atoms with Crippen LogP contribution in [0.5, 0.6) is 0 Å². The van der Waals surface area contributed by atoms with E-state index in [4.69, 9.17) is 4.74 Å². The molecule has 0 atom stereocenters. The van der Waals surface area contributed by atoms with Gasteiger partial charge in [-0.2, -0.15) is 0 Å². The summed E-state index contributed by atoms with van der Waals surface area (Å²) < 4.78 is 5.29. The molecule has 24 heavy (non-hydrogen) atoms. The predicted octanol–water partition coefficient (Wildman–Crippen LogP) is 1.80. The van der Waals surface area contributed by atoms with Crippen LogP contribution < -0.4 is 16.0 Å². The minimum absolute atomic E-state index is 0. The third-order valence-electron chi connectivity index (χ3n) is 3.31. The first-order valence-corrected chi connectivity index (χ1v) is 8.04. The zero-order valence-electron chi connectivity index (χ0n) is 14.7. The fraction of sp³-hybridized carbons (Fsp3) is 0.529. The summed E-state index contributed by atoms with van der Waals surface area (Å²) in [6.45, 7) is 5.08. The Morgan fingerprint density at radius 2 is 2.00 bits per heavy atom. The first-order valence-electron chi connectivity index (χ1n) is 8.04. The molecule has 1 aromatic rings. The fourth-order valence-corrected chi connectivity index (χ4v) is 2.08. The van der Waals surface area contributed by atoms with E-state index in [1.54, 1.807) is 14.1 Å². The Morgan fingerprint density at radius 1 is 1.25 bits per heavy atom. The highest BCUT2D eigenvalue weighted by Gasteiger charge is 2.04. The minimum Gasteiger partial charge on any atom is -0.382 e. The van der Waals surface area contributed by atoms with Crippen LogP contribution in [0.4, 0.5) is 0 Å². The molecule has 0 fully saturated rings. The van der Waals surface area contributed by atoms with Crippen molar-refractivity contribution in [2.24, 2.45) is 4.99 Å². The number of aliphatic imine (C=N–C) groups is 1. The second-order valence-corrected chi connectivity index (χ2v) is 5.01. The number of halogens is 1. The van der Waals surface area contributed by atoms with Crippen LogP contribution in [-0.4, -0.2) is 52.3 Å². The number of benzene rings is 1. The molecule has 0 aliphatic carbocycles. The number of amides is 1. The van der Waals surface area contributed by atoms with Crippen molar-refractivity contribution in [2.45, 2.75) is 19.8 Å². The van der Waals surface area contributed by atoms with E-state index in [9.17, 15) is 4.79 Å². The molecule has 3 N–H and O–H groups in total. The Bertz CT molecular complexity index is 509. The average Bonchev–Trinajstić information content (AvgIpc) is 2.59. The van der Waals surface area contributed by atoms with Gasteiger partial charge in [0.05, 0.1) is 0 Å². The van der Waals surface area contributed by atoms with Gasteiger partial charge < -0.3 is 20.7 Å². The van der Waals surface area contributed by atoms with Gasteiger partial charge in [0.25, 0.3) is 5.91 Å². The molecular weight excluding hydrogens is 419 g/mol. The number of nitrogens with zero attached hydrogens (tertiary/aromatic N) is 1. The molecule has 0 aliphatic rings. The molecule has 1 rings (SSSR count). The molecule has 7 heteroatoms. The third kappa shape index (κ3) is 9.07. The number of rotatable bonds is 9. The Kier molecular flexibility index (Phi) is 13.2. The summed E-state index contributed by atoms with van der Waals surface area (Å²) in [5.74, 6) is 0.718.